The van der Waals surface area contributed by atoms with Crippen LogP contribution >= 0.6 is 0 Å². The number of para-hydroxylation sites is 1. The average molecular weight is 259 g/mol. The molecule has 1 heterocycles. The molecule has 4 heteroatoms. The van der Waals surface area contributed by atoms with Crippen LogP contribution in [0.15, 0.2) is 30.5 Å². The summed E-state index contributed by atoms with van der Waals surface area (Å²) in [6, 6.07) is 8.34. The lowest BCUT2D eigenvalue weighted by Crippen LogP contribution is -2.34. The van der Waals surface area contributed by atoms with Gasteiger partial charge in [-0.15, -0.1) is 0 Å². The average Bonchev–Trinajstić information content (AvgIpc) is 2.74. The maximum atomic E-state index is 11.5. The zero-order valence-corrected chi connectivity index (χ0v) is 11.6. The van der Waals surface area contributed by atoms with Crippen LogP contribution in [0, 0.1) is 0 Å². The number of carbonyl (C=O) groups is 1. The van der Waals surface area contributed by atoms with Gasteiger partial charge in [0.1, 0.15) is 0 Å². The molecule has 102 valence electrons. The fourth-order valence-electron chi connectivity index (χ4n) is 2.26. The lowest BCUT2D eigenvalue weighted by Gasteiger charge is -2.04. The highest BCUT2D eigenvalue weighted by atomic mass is 16.1. The van der Waals surface area contributed by atoms with Crippen LogP contribution in [0.25, 0.3) is 10.9 Å². The van der Waals surface area contributed by atoms with Crippen molar-refractivity contribution in [2.24, 2.45) is 7.05 Å². The number of amides is 1. The predicted octanol–water partition coefficient (Wildman–Crippen LogP) is 1.45. The molecule has 0 atom stereocenters. The minimum atomic E-state index is 0.0575. The van der Waals surface area contributed by atoms with E-state index in [2.05, 4.69) is 46.6 Å². The molecule has 0 aliphatic carbocycles. The summed E-state index contributed by atoms with van der Waals surface area (Å²) in [5.74, 6) is 0.0575. The molecule has 0 spiro atoms. The smallest absolute Gasteiger partial charge is 0.233 e. The molecule has 0 radical (unpaired) electrons. The molecular weight excluding hydrogens is 238 g/mol. The third kappa shape index (κ3) is 3.35. The first-order valence-electron chi connectivity index (χ1n) is 6.72. The molecule has 0 unspecified atom stereocenters. The largest absolute Gasteiger partial charge is 0.355 e. The van der Waals surface area contributed by atoms with Crippen LogP contribution in [-0.4, -0.2) is 30.1 Å². The number of aryl methyl sites for hydroxylation is 1. The van der Waals surface area contributed by atoms with Gasteiger partial charge in [0.2, 0.25) is 5.91 Å². The van der Waals surface area contributed by atoms with E-state index < -0.39 is 0 Å². The lowest BCUT2D eigenvalue weighted by atomic mass is 10.1. The summed E-state index contributed by atoms with van der Waals surface area (Å²) in [6.07, 6.45) is 3.00. The second-order valence-corrected chi connectivity index (χ2v) is 4.66. The number of nitrogens with zero attached hydrogens (tertiary/aromatic N) is 1. The first kappa shape index (κ1) is 13.6. The van der Waals surface area contributed by atoms with Gasteiger partial charge in [-0.2, -0.15) is 0 Å². The first-order valence-corrected chi connectivity index (χ1v) is 6.72. The number of carbonyl (C=O) groups excluding carboxylic acids is 1. The Balaban J connectivity index is 1.93. The highest BCUT2D eigenvalue weighted by Crippen LogP contribution is 2.20. The van der Waals surface area contributed by atoms with Crippen LogP contribution < -0.4 is 10.6 Å². The van der Waals surface area contributed by atoms with Crippen molar-refractivity contribution in [2.75, 3.05) is 19.6 Å². The fourth-order valence-corrected chi connectivity index (χ4v) is 2.26. The summed E-state index contributed by atoms with van der Waals surface area (Å²) in [6.45, 7) is 3.88. The summed E-state index contributed by atoms with van der Waals surface area (Å²) >= 11 is 0. The molecule has 0 bridgehead atoms. The molecule has 0 aliphatic rings. The third-order valence-corrected chi connectivity index (χ3v) is 3.23. The summed E-state index contributed by atoms with van der Waals surface area (Å²) in [7, 11) is 2.05. The number of rotatable bonds is 6. The Labute approximate surface area is 113 Å². The number of hydrogen-bond donors (Lipinski definition) is 2. The molecule has 0 saturated carbocycles. The highest BCUT2D eigenvalue weighted by molar-refractivity contribution is 5.84. The highest BCUT2D eigenvalue weighted by Gasteiger charge is 2.06. The van der Waals surface area contributed by atoms with Gasteiger partial charge in [-0.1, -0.05) is 25.1 Å². The molecule has 2 N–H and O–H groups in total. The Morgan fingerprint density at radius 1 is 1.32 bits per heavy atom. The minimum Gasteiger partial charge on any atom is -0.355 e. The molecule has 0 fully saturated rings. The molecule has 4 nitrogen and oxygen atoms in total. The van der Waals surface area contributed by atoms with Crippen molar-refractivity contribution in [1.29, 1.82) is 0 Å². The number of aromatic nitrogens is 1. The normalized spacial score (nSPS) is 10.8. The van der Waals surface area contributed by atoms with Crippen LogP contribution in [-0.2, 0) is 18.3 Å². The molecule has 2 rings (SSSR count). The second-order valence-electron chi connectivity index (χ2n) is 4.66. The quantitative estimate of drug-likeness (QED) is 0.824. The number of likely N-dealkylation sites (N-methyl/N-ethyl adjacent to an activating group) is 1. The van der Waals surface area contributed by atoms with Crippen molar-refractivity contribution in [2.45, 2.75) is 13.3 Å². The van der Waals surface area contributed by atoms with Crippen molar-refractivity contribution in [3.05, 3.63) is 36.0 Å². The zero-order valence-electron chi connectivity index (χ0n) is 11.6. The molecule has 1 aromatic heterocycles. The van der Waals surface area contributed by atoms with E-state index in [1.165, 1.54) is 16.5 Å². The monoisotopic (exact) mass is 259 g/mol. The molecule has 0 saturated heterocycles. The third-order valence-electron chi connectivity index (χ3n) is 3.23. The SMILES string of the molecule is CCNCC(=O)NCCc1cn(C)c2ccccc12. The van der Waals surface area contributed by atoms with Crippen molar-refractivity contribution in [3.63, 3.8) is 0 Å². The van der Waals surface area contributed by atoms with Crippen molar-refractivity contribution in [1.82, 2.24) is 15.2 Å². The van der Waals surface area contributed by atoms with Crippen LogP contribution in [0.3, 0.4) is 0 Å². The Morgan fingerprint density at radius 3 is 2.89 bits per heavy atom. The Bertz CT molecular complexity index is 560. The number of fused-ring (bicyclic) bond motifs is 1. The number of hydrogen-bond acceptors (Lipinski definition) is 2. The molecule has 2 aromatic rings. The summed E-state index contributed by atoms with van der Waals surface area (Å²) < 4.78 is 2.13. The fraction of sp³-hybridized carbons (Fsp3) is 0.400. The van der Waals surface area contributed by atoms with Crippen molar-refractivity contribution >= 4 is 16.8 Å². The van der Waals surface area contributed by atoms with Crippen LogP contribution in [0.2, 0.25) is 0 Å². The lowest BCUT2D eigenvalue weighted by molar-refractivity contribution is -0.120. The topological polar surface area (TPSA) is 46.1 Å². The molecule has 1 amide bonds. The Hall–Kier alpha value is -1.81. The van der Waals surface area contributed by atoms with E-state index >= 15 is 0 Å². The van der Waals surface area contributed by atoms with E-state index in [-0.39, 0.29) is 5.91 Å². The Kier molecular flexibility index (Phi) is 4.58. The summed E-state index contributed by atoms with van der Waals surface area (Å²) in [5, 5.41) is 7.21. The van der Waals surface area contributed by atoms with Crippen molar-refractivity contribution < 1.29 is 4.79 Å². The number of benzene rings is 1. The predicted molar refractivity (Wildman–Crippen MR) is 78.2 cm³/mol. The van der Waals surface area contributed by atoms with Gasteiger partial charge in [0.15, 0.2) is 0 Å². The maximum Gasteiger partial charge on any atom is 0.233 e. The van der Waals surface area contributed by atoms with Crippen LogP contribution in [0.5, 0.6) is 0 Å². The van der Waals surface area contributed by atoms with E-state index in [1.807, 2.05) is 13.0 Å². The molecule has 19 heavy (non-hydrogen) atoms. The summed E-state index contributed by atoms with van der Waals surface area (Å²) in [5.41, 5.74) is 2.51. The van der Waals surface area contributed by atoms with Gasteiger partial charge in [0, 0.05) is 30.7 Å². The van der Waals surface area contributed by atoms with Gasteiger partial charge in [-0.05, 0) is 24.6 Å². The molecule has 1 aromatic carbocycles. The minimum absolute atomic E-state index is 0.0575. The van der Waals surface area contributed by atoms with Gasteiger partial charge in [0.25, 0.3) is 0 Å². The van der Waals surface area contributed by atoms with Crippen molar-refractivity contribution in [3.8, 4) is 0 Å². The van der Waals surface area contributed by atoms with Gasteiger partial charge in [0.05, 0.1) is 6.54 Å². The van der Waals surface area contributed by atoms with E-state index in [9.17, 15) is 4.79 Å². The number of nitrogens with one attached hydrogen (secondary N) is 2. The Morgan fingerprint density at radius 2 is 2.11 bits per heavy atom. The van der Waals surface area contributed by atoms with Gasteiger partial charge < -0.3 is 15.2 Å². The van der Waals surface area contributed by atoms with Gasteiger partial charge >= 0.3 is 0 Å². The van der Waals surface area contributed by atoms with E-state index in [1.54, 1.807) is 0 Å². The zero-order chi connectivity index (χ0) is 13.7. The van der Waals surface area contributed by atoms with E-state index in [0.29, 0.717) is 13.1 Å². The van der Waals surface area contributed by atoms with Gasteiger partial charge in [-0.3, -0.25) is 4.79 Å². The first-order chi connectivity index (χ1) is 9.22. The molecule has 0 aliphatic heterocycles. The summed E-state index contributed by atoms with van der Waals surface area (Å²) in [4.78, 5) is 11.5. The van der Waals surface area contributed by atoms with Crippen LogP contribution in [0.1, 0.15) is 12.5 Å². The van der Waals surface area contributed by atoms with E-state index in [0.717, 1.165) is 13.0 Å². The van der Waals surface area contributed by atoms with E-state index in [4.69, 9.17) is 0 Å². The maximum absolute atomic E-state index is 11.5. The second kappa shape index (κ2) is 6.38. The van der Waals surface area contributed by atoms with Gasteiger partial charge in [-0.25, -0.2) is 0 Å². The standard InChI is InChI=1S/C15H21N3O/c1-3-16-10-15(19)17-9-8-12-11-18(2)14-7-5-4-6-13(12)14/h4-7,11,16H,3,8-10H2,1-2H3,(H,17,19). The molecular formula is C15H21N3O. The van der Waals surface area contributed by atoms with Crippen LogP contribution in [0.4, 0.5) is 0 Å².